The van der Waals surface area contributed by atoms with Gasteiger partial charge >= 0.3 is 0 Å². The molecule has 41 heavy (non-hydrogen) atoms. The maximum atomic E-state index is 12.9. The van der Waals surface area contributed by atoms with Gasteiger partial charge in [-0.1, -0.05) is 6.92 Å². The van der Waals surface area contributed by atoms with Gasteiger partial charge in [0.05, 0.1) is 31.9 Å². The minimum Gasteiger partial charge on any atom is -0.468 e. The molecule has 0 bridgehead atoms. The molecule has 2 heterocycles. The van der Waals surface area contributed by atoms with Gasteiger partial charge in [0.15, 0.2) is 12.6 Å². The summed E-state index contributed by atoms with van der Waals surface area (Å²) >= 11 is 0. The van der Waals surface area contributed by atoms with Gasteiger partial charge in [0.1, 0.15) is 36.3 Å². The minimum absolute atomic E-state index is 0.115. The van der Waals surface area contributed by atoms with E-state index in [4.69, 9.17) is 30.4 Å². The van der Waals surface area contributed by atoms with Crippen molar-refractivity contribution in [3.63, 3.8) is 0 Å². The van der Waals surface area contributed by atoms with Crippen LogP contribution in [-0.4, -0.2) is 139 Å². The number of hydrogen-bond acceptors (Lipinski definition) is 14. The highest BCUT2D eigenvalue weighted by Gasteiger charge is 2.48. The molecule has 1 amide bonds. The fourth-order valence-electron chi connectivity index (χ4n) is 5.00. The Balaban J connectivity index is 1.70. The third-order valence-electron chi connectivity index (χ3n) is 7.59. The van der Waals surface area contributed by atoms with E-state index in [9.17, 15) is 30.3 Å². The summed E-state index contributed by atoms with van der Waals surface area (Å²) in [5.41, 5.74) is 11.9. The Morgan fingerprint density at radius 1 is 1.27 bits per heavy atom. The van der Waals surface area contributed by atoms with E-state index in [1.54, 1.807) is 6.92 Å². The fraction of sp³-hybridized carbons (Fsp3) is 0.885. The van der Waals surface area contributed by atoms with Gasteiger partial charge in [-0.15, -0.1) is 0 Å². The molecule has 12 N–H and O–H groups in total. The molecule has 1 aliphatic carbocycles. The van der Waals surface area contributed by atoms with Gasteiger partial charge in [-0.25, -0.2) is 0 Å². The van der Waals surface area contributed by atoms with Crippen LogP contribution in [0.15, 0.2) is 11.8 Å². The molecule has 0 aromatic rings. The third kappa shape index (κ3) is 9.77. The number of nitrogens with two attached hydrogens (primary N) is 2. The van der Waals surface area contributed by atoms with Crippen LogP contribution in [0.3, 0.4) is 0 Å². The minimum atomic E-state index is -1.37. The molecule has 15 heteroatoms. The quantitative estimate of drug-likeness (QED) is 0.0724. The first-order valence-corrected chi connectivity index (χ1v) is 14.5. The lowest BCUT2D eigenvalue weighted by atomic mass is 9.83. The van der Waals surface area contributed by atoms with Crippen molar-refractivity contribution in [1.82, 2.24) is 16.0 Å². The summed E-state index contributed by atoms with van der Waals surface area (Å²) in [4.78, 5) is 12.9. The molecule has 1 saturated heterocycles. The first-order chi connectivity index (χ1) is 19.7. The summed E-state index contributed by atoms with van der Waals surface area (Å²) in [5.74, 6) is -0.227. The van der Waals surface area contributed by atoms with Crippen LogP contribution < -0.4 is 27.4 Å². The zero-order valence-corrected chi connectivity index (χ0v) is 23.6. The number of carbonyl (C=O) groups is 1. The molecule has 238 valence electrons. The topological polar surface area (TPSA) is 243 Å². The first-order valence-electron chi connectivity index (χ1n) is 14.5. The van der Waals surface area contributed by atoms with Crippen molar-refractivity contribution < 1.29 is 49.3 Å². The van der Waals surface area contributed by atoms with Crippen molar-refractivity contribution in [1.29, 1.82) is 0 Å². The summed E-state index contributed by atoms with van der Waals surface area (Å²) in [5, 5.41) is 60.2. The number of hydrogen-bond donors (Lipinski definition) is 10. The number of ether oxygens (including phenoxy) is 4. The highest BCUT2D eigenvalue weighted by molar-refractivity contribution is 5.81. The van der Waals surface area contributed by atoms with Crippen LogP contribution in [0.5, 0.6) is 0 Å². The number of aliphatic hydroxyl groups is 5. The lowest BCUT2D eigenvalue weighted by Gasteiger charge is -2.46. The van der Waals surface area contributed by atoms with Gasteiger partial charge in [0.25, 0.3) is 0 Å². The second-order valence-electron chi connectivity index (χ2n) is 10.8. The molecular formula is C26H49N5O10. The van der Waals surface area contributed by atoms with Crippen molar-refractivity contribution in [3.8, 4) is 0 Å². The molecule has 0 aromatic carbocycles. The molecular weight excluding hydrogens is 542 g/mol. The lowest BCUT2D eigenvalue weighted by Crippen LogP contribution is -2.67. The number of nitrogens with one attached hydrogen (secondary N) is 3. The molecule has 10 atom stereocenters. The predicted octanol–water partition coefficient (Wildman–Crippen LogP) is -4.05. The van der Waals surface area contributed by atoms with Crippen LogP contribution in [0, 0.1) is 5.92 Å². The normalized spacial score (nSPS) is 31.8. The Morgan fingerprint density at radius 2 is 2.02 bits per heavy atom. The van der Waals surface area contributed by atoms with E-state index in [1.165, 1.54) is 0 Å². The number of amides is 1. The average molecular weight is 592 g/mol. The summed E-state index contributed by atoms with van der Waals surface area (Å²) in [7, 11) is 0. The third-order valence-corrected chi connectivity index (χ3v) is 7.59. The van der Waals surface area contributed by atoms with Gasteiger partial charge in [0, 0.05) is 44.6 Å². The zero-order chi connectivity index (χ0) is 29.9. The van der Waals surface area contributed by atoms with Crippen LogP contribution in [-0.2, 0) is 23.7 Å². The molecule has 3 aliphatic rings. The maximum Gasteiger partial charge on any atom is 0.249 e. The first kappa shape index (κ1) is 34.0. The average Bonchev–Trinajstić information content (AvgIpc) is 2.93. The van der Waals surface area contributed by atoms with Crippen LogP contribution in [0.4, 0.5) is 0 Å². The highest BCUT2D eigenvalue weighted by atomic mass is 16.7. The second kappa shape index (κ2) is 17.0. The Morgan fingerprint density at radius 3 is 2.66 bits per heavy atom. The molecule has 0 radical (unpaired) electrons. The molecule has 1 saturated carbocycles. The monoisotopic (exact) mass is 591 g/mol. The number of rotatable bonds is 17. The molecule has 2 unspecified atom stereocenters. The molecule has 3 rings (SSSR count). The molecule has 0 aromatic heterocycles. The summed E-state index contributed by atoms with van der Waals surface area (Å²) < 4.78 is 23.7. The number of carbonyl (C=O) groups excluding carboxylic acids is 1. The fourth-order valence-corrected chi connectivity index (χ4v) is 5.00. The van der Waals surface area contributed by atoms with Gasteiger partial charge in [-0.3, -0.25) is 4.79 Å². The Labute approximate surface area is 240 Å². The Hall–Kier alpha value is -1.47. The number of aliphatic hydroxyl groups excluding tert-OH is 5. The maximum absolute atomic E-state index is 12.9. The van der Waals surface area contributed by atoms with E-state index >= 15 is 0 Å². The van der Waals surface area contributed by atoms with Crippen LogP contribution in [0.25, 0.3) is 0 Å². The second-order valence-corrected chi connectivity index (χ2v) is 10.8. The van der Waals surface area contributed by atoms with Crippen molar-refractivity contribution >= 4 is 5.91 Å². The van der Waals surface area contributed by atoms with Crippen LogP contribution in [0.1, 0.15) is 32.6 Å². The molecule has 2 aliphatic heterocycles. The SMILES string of the molecule is CC[C@@H](O)[C@H](OCCO)O[C@@H]1[C@@H](O)[C@H](O[C@@H]2CCC=C(CNCC(O)CN)O2)[C@@H](N)C[C@H]1NC(=O)C(O)C1CNC1. The smallest absolute Gasteiger partial charge is 0.249 e. The van der Waals surface area contributed by atoms with Gasteiger partial charge < -0.3 is 71.9 Å². The van der Waals surface area contributed by atoms with E-state index in [-0.39, 0.29) is 38.5 Å². The van der Waals surface area contributed by atoms with E-state index < -0.39 is 67.2 Å². The van der Waals surface area contributed by atoms with Gasteiger partial charge in [0.2, 0.25) is 5.91 Å². The molecule has 2 fully saturated rings. The lowest BCUT2D eigenvalue weighted by molar-refractivity contribution is -0.269. The summed E-state index contributed by atoms with van der Waals surface area (Å²) in [6.45, 7) is 3.12. The van der Waals surface area contributed by atoms with Crippen molar-refractivity contribution in [2.75, 3.05) is 45.9 Å². The standard InChI is InChI=1S/C26H49N5O10/c1-2-19(34)26(38-7-6-32)41-24-18(31-25(37)21(35)14-10-29-11-14)8-17(28)23(22(24)36)40-20-5-3-4-16(39-20)13-30-12-15(33)9-27/h4,14-15,17-24,26,29-30,32-36H,2-3,5-13,27-28H2,1H3,(H,31,37)/t15?,17-,18+,19+,20+,21?,22-,23+,24-,26+/m0/s1. The highest BCUT2D eigenvalue weighted by Crippen LogP contribution is 2.30. The Bertz CT molecular complexity index is 822. The van der Waals surface area contributed by atoms with Crippen molar-refractivity contribution in [2.45, 2.75) is 93.9 Å². The molecule has 15 nitrogen and oxygen atoms in total. The summed E-state index contributed by atoms with van der Waals surface area (Å²) in [6.07, 6.45) is -4.90. The van der Waals surface area contributed by atoms with E-state index in [1.807, 2.05) is 6.08 Å². The van der Waals surface area contributed by atoms with Crippen molar-refractivity contribution in [2.24, 2.45) is 17.4 Å². The van der Waals surface area contributed by atoms with Gasteiger partial charge in [-0.05, 0) is 25.3 Å². The van der Waals surface area contributed by atoms with Crippen LogP contribution in [0.2, 0.25) is 0 Å². The largest absolute Gasteiger partial charge is 0.468 e. The zero-order valence-electron chi connectivity index (χ0n) is 23.6. The number of allylic oxidation sites excluding steroid dienone is 1. The van der Waals surface area contributed by atoms with Gasteiger partial charge in [-0.2, -0.15) is 0 Å². The predicted molar refractivity (Wildman–Crippen MR) is 146 cm³/mol. The van der Waals surface area contributed by atoms with Crippen LogP contribution >= 0.6 is 0 Å². The van der Waals surface area contributed by atoms with Crippen molar-refractivity contribution in [3.05, 3.63) is 11.8 Å². The van der Waals surface area contributed by atoms with E-state index in [0.29, 0.717) is 44.8 Å². The molecule has 0 spiro atoms. The van der Waals surface area contributed by atoms with E-state index in [2.05, 4.69) is 16.0 Å². The Kier molecular flexibility index (Phi) is 14.1. The summed E-state index contributed by atoms with van der Waals surface area (Å²) in [6, 6.07) is -1.57. The van der Waals surface area contributed by atoms with E-state index in [0.717, 1.165) is 0 Å².